The van der Waals surface area contributed by atoms with Gasteiger partial charge in [-0.3, -0.25) is 14.4 Å². The van der Waals surface area contributed by atoms with Crippen molar-refractivity contribution in [3.63, 3.8) is 0 Å². The second-order valence-corrected chi connectivity index (χ2v) is 4.66. The first-order valence-electron chi connectivity index (χ1n) is 6.72. The summed E-state index contributed by atoms with van der Waals surface area (Å²) >= 11 is 0. The van der Waals surface area contributed by atoms with Crippen molar-refractivity contribution >= 4 is 24.0 Å². The minimum Gasteiger partial charge on any atom is -0.469 e. The summed E-state index contributed by atoms with van der Waals surface area (Å²) in [6.45, 7) is 0. The van der Waals surface area contributed by atoms with Gasteiger partial charge in [0, 0.05) is 19.3 Å². The second kappa shape index (κ2) is 10.5. The third-order valence-electron chi connectivity index (χ3n) is 3.35. The molecule has 0 heterocycles. The molecule has 0 saturated carbocycles. The summed E-state index contributed by atoms with van der Waals surface area (Å²) in [5.74, 6) is -1.41. The number of nitrogens with zero attached hydrogens (tertiary/aromatic N) is 1. The van der Waals surface area contributed by atoms with E-state index in [-0.39, 0.29) is 38.5 Å². The van der Waals surface area contributed by atoms with Crippen LogP contribution >= 0.6 is 0 Å². The maximum atomic E-state index is 11.3. The van der Waals surface area contributed by atoms with Crippen LogP contribution < -0.4 is 0 Å². The maximum Gasteiger partial charge on any atom is 0.305 e. The van der Waals surface area contributed by atoms with Crippen molar-refractivity contribution in [1.29, 1.82) is 0 Å². The number of aliphatic imine (C=N–C) groups is 1. The molecule has 0 radical (unpaired) electrons. The molecule has 22 heavy (non-hydrogen) atoms. The summed E-state index contributed by atoms with van der Waals surface area (Å²) in [4.78, 5) is 48.4. The van der Waals surface area contributed by atoms with Crippen molar-refractivity contribution in [2.45, 2.75) is 44.1 Å². The third-order valence-corrected chi connectivity index (χ3v) is 3.35. The molecule has 8 nitrogen and oxygen atoms in total. The fourth-order valence-corrected chi connectivity index (χ4v) is 1.95. The molecule has 0 aliphatic rings. The van der Waals surface area contributed by atoms with E-state index in [1.165, 1.54) is 27.4 Å². The van der Waals surface area contributed by atoms with Gasteiger partial charge in [0.05, 0.1) is 26.9 Å². The van der Waals surface area contributed by atoms with Crippen LogP contribution in [0.2, 0.25) is 0 Å². The van der Waals surface area contributed by atoms with Gasteiger partial charge in [0.15, 0.2) is 0 Å². The Labute approximate surface area is 128 Å². The normalized spacial score (nSPS) is 10.3. The first-order chi connectivity index (χ1) is 10.4. The van der Waals surface area contributed by atoms with Gasteiger partial charge in [-0.15, -0.1) is 0 Å². The average molecular weight is 315 g/mol. The van der Waals surface area contributed by atoms with Gasteiger partial charge in [-0.2, -0.15) is 4.99 Å². The lowest BCUT2D eigenvalue weighted by Gasteiger charge is -2.27. The number of rotatable bonds is 10. The van der Waals surface area contributed by atoms with Crippen LogP contribution in [-0.4, -0.2) is 50.9 Å². The number of hydrogen-bond acceptors (Lipinski definition) is 8. The molecule has 0 aromatic heterocycles. The average Bonchev–Trinajstić information content (AvgIpc) is 2.54. The third kappa shape index (κ3) is 7.54. The Bertz CT molecular complexity index is 390. The van der Waals surface area contributed by atoms with E-state index in [1.807, 2.05) is 0 Å². The monoisotopic (exact) mass is 315 g/mol. The van der Waals surface area contributed by atoms with E-state index in [1.54, 1.807) is 0 Å². The summed E-state index contributed by atoms with van der Waals surface area (Å²) in [5.41, 5.74) is -1.06. The van der Waals surface area contributed by atoms with Crippen molar-refractivity contribution < 1.29 is 33.4 Å². The number of methoxy groups -OCH3 is 3. The molecule has 0 fully saturated rings. The zero-order valence-corrected chi connectivity index (χ0v) is 13.0. The Balaban J connectivity index is 5.06. The second-order valence-electron chi connectivity index (χ2n) is 4.66. The summed E-state index contributed by atoms with van der Waals surface area (Å²) < 4.78 is 13.7. The van der Waals surface area contributed by atoms with E-state index in [9.17, 15) is 19.2 Å². The summed E-state index contributed by atoms with van der Waals surface area (Å²) in [6.07, 6.45) is 1.93. The zero-order chi connectivity index (χ0) is 17.0. The fourth-order valence-electron chi connectivity index (χ4n) is 1.95. The van der Waals surface area contributed by atoms with Crippen LogP contribution in [0.5, 0.6) is 0 Å². The molecular formula is C14H21NO7. The molecule has 0 aromatic rings. The highest BCUT2D eigenvalue weighted by atomic mass is 16.5. The van der Waals surface area contributed by atoms with Gasteiger partial charge in [0.25, 0.3) is 0 Å². The summed E-state index contributed by atoms with van der Waals surface area (Å²) in [6, 6.07) is 0. The number of ether oxygens (including phenoxy) is 3. The van der Waals surface area contributed by atoms with Gasteiger partial charge in [-0.05, 0) is 19.3 Å². The lowest BCUT2D eigenvalue weighted by Crippen LogP contribution is -2.30. The highest BCUT2D eigenvalue weighted by Crippen LogP contribution is 2.30. The van der Waals surface area contributed by atoms with Crippen molar-refractivity contribution in [3.05, 3.63) is 0 Å². The quantitative estimate of drug-likeness (QED) is 0.255. The van der Waals surface area contributed by atoms with Crippen LogP contribution in [0.4, 0.5) is 0 Å². The minimum atomic E-state index is -1.06. The molecule has 0 aliphatic carbocycles. The molecule has 0 spiro atoms. The maximum absolute atomic E-state index is 11.3. The van der Waals surface area contributed by atoms with Gasteiger partial charge >= 0.3 is 17.9 Å². The molecule has 0 unspecified atom stereocenters. The van der Waals surface area contributed by atoms with Gasteiger partial charge in [0.1, 0.15) is 0 Å². The van der Waals surface area contributed by atoms with E-state index in [4.69, 9.17) is 0 Å². The fraction of sp³-hybridized carbons (Fsp3) is 0.714. The highest BCUT2D eigenvalue weighted by molar-refractivity contribution is 5.71. The zero-order valence-electron chi connectivity index (χ0n) is 13.0. The number of hydrogen-bond donors (Lipinski definition) is 0. The van der Waals surface area contributed by atoms with E-state index in [0.29, 0.717) is 0 Å². The molecule has 0 saturated heterocycles. The van der Waals surface area contributed by atoms with Crippen LogP contribution in [0.15, 0.2) is 4.99 Å². The Hall–Kier alpha value is -2.21. The molecule has 0 N–H and O–H groups in total. The summed E-state index contributed by atoms with van der Waals surface area (Å²) in [5, 5.41) is 0. The molecule has 0 amide bonds. The van der Waals surface area contributed by atoms with E-state index >= 15 is 0 Å². The van der Waals surface area contributed by atoms with Crippen molar-refractivity contribution in [2.24, 2.45) is 4.99 Å². The van der Waals surface area contributed by atoms with Crippen LogP contribution in [-0.2, 0) is 33.4 Å². The molecule has 0 bridgehead atoms. The van der Waals surface area contributed by atoms with Crippen LogP contribution in [0, 0.1) is 0 Å². The predicted octanol–water partition coefficient (Wildman–Crippen LogP) is 0.921. The lowest BCUT2D eigenvalue weighted by molar-refractivity contribution is -0.141. The van der Waals surface area contributed by atoms with Gasteiger partial charge < -0.3 is 14.2 Å². The Morgan fingerprint density at radius 2 is 1.14 bits per heavy atom. The van der Waals surface area contributed by atoms with Crippen LogP contribution in [0.1, 0.15) is 38.5 Å². The molecule has 0 rings (SSSR count). The SMILES string of the molecule is COC(=O)CCC(CCC(=O)OC)(CCC(=O)OC)N=C=O. The molecule has 0 atom stereocenters. The number of carbonyl (C=O) groups excluding carboxylic acids is 4. The Morgan fingerprint density at radius 1 is 0.818 bits per heavy atom. The van der Waals surface area contributed by atoms with Gasteiger partial charge in [0.2, 0.25) is 6.08 Å². The van der Waals surface area contributed by atoms with E-state index in [0.717, 1.165) is 0 Å². The Morgan fingerprint density at radius 3 is 1.36 bits per heavy atom. The standard InChI is InChI=1S/C14H21NO7/c1-20-11(17)4-7-14(15-10-16,8-5-12(18)21-2)9-6-13(19)22-3/h4-9H2,1-3H3. The first-order valence-corrected chi connectivity index (χ1v) is 6.72. The minimum absolute atomic E-state index is 0.00399. The van der Waals surface area contributed by atoms with Crippen molar-refractivity contribution in [1.82, 2.24) is 0 Å². The van der Waals surface area contributed by atoms with Gasteiger partial charge in [-0.1, -0.05) is 0 Å². The number of carbonyl (C=O) groups is 3. The van der Waals surface area contributed by atoms with Crippen LogP contribution in [0.25, 0.3) is 0 Å². The Kier molecular flexibility index (Phi) is 9.45. The summed E-state index contributed by atoms with van der Waals surface area (Å²) in [7, 11) is 3.74. The van der Waals surface area contributed by atoms with E-state index < -0.39 is 23.4 Å². The van der Waals surface area contributed by atoms with Crippen molar-refractivity contribution in [2.75, 3.05) is 21.3 Å². The smallest absolute Gasteiger partial charge is 0.305 e. The number of esters is 3. The van der Waals surface area contributed by atoms with E-state index in [2.05, 4.69) is 19.2 Å². The number of isocyanates is 1. The largest absolute Gasteiger partial charge is 0.469 e. The first kappa shape index (κ1) is 19.8. The molecule has 8 heteroatoms. The topological polar surface area (TPSA) is 108 Å². The predicted molar refractivity (Wildman–Crippen MR) is 74.6 cm³/mol. The van der Waals surface area contributed by atoms with Gasteiger partial charge in [-0.25, -0.2) is 4.79 Å². The molecular weight excluding hydrogens is 294 g/mol. The van der Waals surface area contributed by atoms with Crippen molar-refractivity contribution in [3.8, 4) is 0 Å². The molecule has 0 aliphatic heterocycles. The highest BCUT2D eigenvalue weighted by Gasteiger charge is 2.32. The molecule has 124 valence electrons. The van der Waals surface area contributed by atoms with Crippen LogP contribution in [0.3, 0.4) is 0 Å². The lowest BCUT2D eigenvalue weighted by atomic mass is 9.84. The molecule has 0 aromatic carbocycles.